The van der Waals surface area contributed by atoms with Crippen molar-refractivity contribution in [1.29, 1.82) is 0 Å². The quantitative estimate of drug-likeness (QED) is 0.666. The average Bonchev–Trinajstić information content (AvgIpc) is 2.30. The Bertz CT molecular complexity index is 444. The number of hydrogen-bond donors (Lipinski definition) is 1. The van der Waals surface area contributed by atoms with E-state index < -0.39 is 30.4 Å². The number of benzene rings is 1. The molecule has 1 aromatic carbocycles. The van der Waals surface area contributed by atoms with E-state index in [1.165, 1.54) is 12.1 Å². The van der Waals surface area contributed by atoms with Gasteiger partial charge in [-0.05, 0) is 12.5 Å². The van der Waals surface area contributed by atoms with Gasteiger partial charge in [-0.15, -0.1) is 0 Å². The molecule has 0 amide bonds. The first-order valence-electron chi connectivity index (χ1n) is 5.33. The minimum Gasteiger partial charge on any atom is -0.396 e. The lowest BCUT2D eigenvalue weighted by atomic mass is 9.98. The largest absolute Gasteiger partial charge is 0.413 e. The first kappa shape index (κ1) is 14.4. The third-order valence-corrected chi connectivity index (χ3v) is 2.51. The lowest BCUT2D eigenvalue weighted by Crippen LogP contribution is -2.16. The van der Waals surface area contributed by atoms with Crippen LogP contribution in [0.15, 0.2) is 29.8 Å². The summed E-state index contributed by atoms with van der Waals surface area (Å²) in [5.41, 5.74) is -0.323. The Hall–Kier alpha value is -1.62. The van der Waals surface area contributed by atoms with Crippen LogP contribution < -0.4 is 0 Å². The van der Waals surface area contributed by atoms with E-state index >= 15 is 0 Å². The third kappa shape index (κ3) is 3.43. The van der Waals surface area contributed by atoms with Crippen molar-refractivity contribution in [1.82, 2.24) is 0 Å². The Morgan fingerprint density at radius 2 is 1.83 bits per heavy atom. The van der Waals surface area contributed by atoms with Crippen molar-refractivity contribution < 1.29 is 23.1 Å². The highest BCUT2D eigenvalue weighted by Gasteiger charge is 2.35. The van der Waals surface area contributed by atoms with Gasteiger partial charge in [0.1, 0.15) is 0 Å². The fourth-order valence-electron chi connectivity index (χ4n) is 1.59. The van der Waals surface area contributed by atoms with Gasteiger partial charge in [-0.1, -0.05) is 29.8 Å². The van der Waals surface area contributed by atoms with Gasteiger partial charge in [0, 0.05) is 24.2 Å². The molecule has 0 saturated heterocycles. The van der Waals surface area contributed by atoms with Gasteiger partial charge in [-0.2, -0.15) is 13.2 Å². The first-order valence-corrected chi connectivity index (χ1v) is 5.33. The van der Waals surface area contributed by atoms with Crippen LogP contribution in [0.4, 0.5) is 13.2 Å². The minimum absolute atomic E-state index is 0.184. The highest BCUT2D eigenvalue weighted by Crippen LogP contribution is 2.33. The molecule has 0 saturated carbocycles. The van der Waals surface area contributed by atoms with Crippen molar-refractivity contribution >= 4 is 11.9 Å². The smallest absolute Gasteiger partial charge is 0.396 e. The predicted octanol–water partition coefficient (Wildman–Crippen LogP) is 2.89. The van der Waals surface area contributed by atoms with Crippen LogP contribution in [0.2, 0.25) is 0 Å². The van der Waals surface area contributed by atoms with Gasteiger partial charge in [-0.3, -0.25) is 4.79 Å². The highest BCUT2D eigenvalue weighted by atomic mass is 19.4. The number of halogens is 3. The summed E-state index contributed by atoms with van der Waals surface area (Å²) in [7, 11) is 0. The third-order valence-electron chi connectivity index (χ3n) is 2.51. The number of carbonyl (C=O) groups excluding carboxylic acids is 1. The number of aldehydes is 1. The highest BCUT2D eigenvalue weighted by molar-refractivity contribution is 6.08. The molecule has 98 valence electrons. The van der Waals surface area contributed by atoms with Gasteiger partial charge >= 0.3 is 6.18 Å². The molecule has 0 aliphatic heterocycles. The molecular formula is C13H13F3O2. The van der Waals surface area contributed by atoms with E-state index in [2.05, 4.69) is 0 Å². The van der Waals surface area contributed by atoms with Gasteiger partial charge < -0.3 is 5.11 Å². The molecule has 0 aliphatic carbocycles. The standard InChI is InChI=1S/C13H13F3O2/c1-9-2-4-10(5-3-9)11(8-18)12(6-7-17)13(14,15)16/h2-5,8,17H,6-7H2,1H3/b12-11+. The molecule has 0 unspecified atom stereocenters. The van der Waals surface area contributed by atoms with Crippen LogP contribution in [0.25, 0.3) is 5.57 Å². The number of hydrogen-bond acceptors (Lipinski definition) is 2. The number of aliphatic hydroxyl groups excluding tert-OH is 1. The monoisotopic (exact) mass is 258 g/mol. The van der Waals surface area contributed by atoms with Gasteiger partial charge in [0.05, 0.1) is 0 Å². The molecule has 0 spiro atoms. The number of carbonyl (C=O) groups is 1. The van der Waals surface area contributed by atoms with Gasteiger partial charge in [0.15, 0.2) is 6.29 Å². The zero-order valence-corrected chi connectivity index (χ0v) is 9.79. The molecule has 1 rings (SSSR count). The van der Waals surface area contributed by atoms with Gasteiger partial charge in [-0.25, -0.2) is 0 Å². The molecule has 2 nitrogen and oxygen atoms in total. The number of rotatable bonds is 4. The Morgan fingerprint density at radius 1 is 1.28 bits per heavy atom. The van der Waals surface area contributed by atoms with E-state index in [1.54, 1.807) is 19.1 Å². The van der Waals surface area contributed by atoms with Crippen molar-refractivity contribution in [2.45, 2.75) is 19.5 Å². The Balaban J connectivity index is 3.34. The van der Waals surface area contributed by atoms with Crippen molar-refractivity contribution in [3.63, 3.8) is 0 Å². The number of alkyl halides is 3. The Labute approximate surface area is 103 Å². The second-order valence-electron chi connectivity index (χ2n) is 3.85. The van der Waals surface area contributed by atoms with E-state index in [0.29, 0.717) is 0 Å². The predicted molar refractivity (Wildman–Crippen MR) is 61.9 cm³/mol. The Kier molecular flexibility index (Phi) is 4.67. The zero-order chi connectivity index (χ0) is 13.8. The SMILES string of the molecule is Cc1ccc(/C(C=O)=C(\CCO)C(F)(F)F)cc1. The summed E-state index contributed by atoms with van der Waals surface area (Å²) in [6.07, 6.45) is -5.03. The molecule has 0 bridgehead atoms. The van der Waals surface area contributed by atoms with Crippen LogP contribution in [-0.4, -0.2) is 24.2 Å². The summed E-state index contributed by atoms with van der Waals surface area (Å²) in [5, 5.41) is 8.69. The zero-order valence-electron chi connectivity index (χ0n) is 9.79. The maximum Gasteiger partial charge on any atom is 0.413 e. The molecule has 0 heterocycles. The maximum atomic E-state index is 12.8. The summed E-state index contributed by atoms with van der Waals surface area (Å²) >= 11 is 0. The molecular weight excluding hydrogens is 245 g/mol. The second-order valence-corrected chi connectivity index (χ2v) is 3.85. The van der Waals surface area contributed by atoms with Crippen LogP contribution in [0, 0.1) is 6.92 Å². The van der Waals surface area contributed by atoms with E-state index in [4.69, 9.17) is 5.11 Å². The number of allylic oxidation sites excluding steroid dienone is 1. The van der Waals surface area contributed by atoms with Gasteiger partial charge in [0.25, 0.3) is 0 Å². The lowest BCUT2D eigenvalue weighted by molar-refractivity contribution is -0.105. The average molecular weight is 258 g/mol. The maximum absolute atomic E-state index is 12.8. The molecule has 18 heavy (non-hydrogen) atoms. The molecule has 0 aliphatic rings. The molecule has 0 radical (unpaired) electrons. The van der Waals surface area contributed by atoms with Crippen LogP contribution in [0.5, 0.6) is 0 Å². The van der Waals surface area contributed by atoms with E-state index in [0.717, 1.165) is 5.56 Å². The summed E-state index contributed by atoms with van der Waals surface area (Å²) in [6.45, 7) is 1.14. The summed E-state index contributed by atoms with van der Waals surface area (Å²) in [4.78, 5) is 10.9. The summed E-state index contributed by atoms with van der Waals surface area (Å²) in [5.74, 6) is 0. The van der Waals surface area contributed by atoms with E-state index in [-0.39, 0.29) is 11.8 Å². The van der Waals surface area contributed by atoms with Crippen molar-refractivity contribution in [3.05, 3.63) is 41.0 Å². The van der Waals surface area contributed by atoms with E-state index in [1.807, 2.05) is 0 Å². The molecule has 0 fully saturated rings. The normalized spacial score (nSPS) is 13.2. The second kappa shape index (κ2) is 5.82. The molecule has 1 N–H and O–H groups in total. The van der Waals surface area contributed by atoms with Crippen LogP contribution in [0.1, 0.15) is 17.5 Å². The van der Waals surface area contributed by atoms with Crippen molar-refractivity contribution in [2.75, 3.05) is 6.61 Å². The molecule has 1 aromatic rings. The fourth-order valence-corrected chi connectivity index (χ4v) is 1.59. The topological polar surface area (TPSA) is 37.3 Å². The summed E-state index contributed by atoms with van der Waals surface area (Å²) < 4.78 is 38.3. The van der Waals surface area contributed by atoms with Crippen molar-refractivity contribution in [3.8, 4) is 0 Å². The van der Waals surface area contributed by atoms with Crippen LogP contribution >= 0.6 is 0 Å². The molecule has 0 atom stereocenters. The lowest BCUT2D eigenvalue weighted by Gasteiger charge is -2.14. The number of aliphatic hydroxyl groups is 1. The summed E-state index contributed by atoms with van der Waals surface area (Å²) in [6, 6.07) is 6.18. The first-order chi connectivity index (χ1) is 8.40. The minimum atomic E-state index is -4.62. The van der Waals surface area contributed by atoms with Crippen LogP contribution in [-0.2, 0) is 4.79 Å². The van der Waals surface area contributed by atoms with E-state index in [9.17, 15) is 18.0 Å². The van der Waals surface area contributed by atoms with Gasteiger partial charge in [0.2, 0.25) is 0 Å². The fraction of sp³-hybridized carbons (Fsp3) is 0.308. The molecule has 5 heteroatoms. The van der Waals surface area contributed by atoms with Crippen LogP contribution in [0.3, 0.4) is 0 Å². The molecule has 0 aromatic heterocycles. The van der Waals surface area contributed by atoms with Crippen molar-refractivity contribution in [2.24, 2.45) is 0 Å². The Morgan fingerprint density at radius 3 is 2.22 bits per heavy atom. The number of aryl methyl sites for hydroxylation is 1.